The van der Waals surface area contributed by atoms with Gasteiger partial charge in [-0.05, 0) is 14.0 Å². The van der Waals surface area contributed by atoms with Crippen LogP contribution in [-0.2, 0) is 9.47 Å². The van der Waals surface area contributed by atoms with Gasteiger partial charge in [0.25, 0.3) is 0 Å². The highest BCUT2D eigenvalue weighted by Gasteiger charge is 1.98. The summed E-state index contributed by atoms with van der Waals surface area (Å²) in [6.45, 7) is 7.73. The van der Waals surface area contributed by atoms with Crippen LogP contribution < -0.4 is 10.6 Å². The first-order chi connectivity index (χ1) is 8.74. The Morgan fingerprint density at radius 2 is 1.79 bits per heavy atom. The zero-order valence-corrected chi connectivity index (χ0v) is 14.9. The number of nitrogens with zero attached hydrogens (tertiary/aromatic N) is 2. The van der Waals surface area contributed by atoms with E-state index >= 15 is 0 Å². The molecule has 0 radical (unpaired) electrons. The van der Waals surface area contributed by atoms with Gasteiger partial charge in [-0.2, -0.15) is 0 Å². The number of hydrogen-bond donors (Lipinski definition) is 2. The third kappa shape index (κ3) is 14.1. The summed E-state index contributed by atoms with van der Waals surface area (Å²) in [6.07, 6.45) is 0. The van der Waals surface area contributed by atoms with Gasteiger partial charge in [0.2, 0.25) is 0 Å². The lowest BCUT2D eigenvalue weighted by Crippen LogP contribution is -2.39. The molecule has 0 heterocycles. The molecule has 0 aliphatic rings. The average molecular weight is 388 g/mol. The van der Waals surface area contributed by atoms with Crippen molar-refractivity contribution in [2.45, 2.75) is 6.92 Å². The topological polar surface area (TPSA) is 58.1 Å². The number of hydrogen-bond acceptors (Lipinski definition) is 4. The van der Waals surface area contributed by atoms with Gasteiger partial charge < -0.3 is 25.0 Å². The number of halogens is 1. The van der Waals surface area contributed by atoms with E-state index in [1.165, 1.54) is 0 Å². The second-order valence-corrected chi connectivity index (χ2v) is 3.98. The SMILES string of the molecule is CCNC(=NCCN(C)CCOC)NCCOC.I. The molecule has 0 aromatic rings. The Morgan fingerprint density at radius 3 is 2.37 bits per heavy atom. The molecule has 0 spiro atoms. The van der Waals surface area contributed by atoms with E-state index in [1.807, 2.05) is 0 Å². The second-order valence-electron chi connectivity index (χ2n) is 3.98. The largest absolute Gasteiger partial charge is 0.383 e. The average Bonchev–Trinajstić information content (AvgIpc) is 2.36. The van der Waals surface area contributed by atoms with Crippen LogP contribution in [0.15, 0.2) is 4.99 Å². The van der Waals surface area contributed by atoms with Crippen LogP contribution in [0.4, 0.5) is 0 Å². The molecular weight excluding hydrogens is 359 g/mol. The van der Waals surface area contributed by atoms with Crippen molar-refractivity contribution in [3.05, 3.63) is 0 Å². The Labute approximate surface area is 134 Å². The van der Waals surface area contributed by atoms with Crippen LogP contribution in [0.5, 0.6) is 0 Å². The summed E-state index contributed by atoms with van der Waals surface area (Å²) < 4.78 is 10.0. The minimum Gasteiger partial charge on any atom is -0.383 e. The molecule has 0 amide bonds. The summed E-state index contributed by atoms with van der Waals surface area (Å²) in [5.41, 5.74) is 0. The van der Waals surface area contributed by atoms with Crippen molar-refractivity contribution in [3.63, 3.8) is 0 Å². The summed E-state index contributed by atoms with van der Waals surface area (Å²) in [4.78, 5) is 6.69. The number of aliphatic imine (C=N–C) groups is 1. The maximum Gasteiger partial charge on any atom is 0.191 e. The Kier molecular flexibility index (Phi) is 17.8. The zero-order valence-electron chi connectivity index (χ0n) is 12.6. The van der Waals surface area contributed by atoms with Crippen molar-refractivity contribution in [2.75, 3.05) is 67.2 Å². The summed E-state index contributed by atoms with van der Waals surface area (Å²) in [6, 6.07) is 0. The quantitative estimate of drug-likeness (QED) is 0.245. The molecule has 0 saturated carbocycles. The van der Waals surface area contributed by atoms with Gasteiger partial charge >= 0.3 is 0 Å². The molecule has 0 rings (SSSR count). The molecular formula is C12H29IN4O2. The van der Waals surface area contributed by atoms with Crippen LogP contribution in [0.2, 0.25) is 0 Å². The predicted octanol–water partition coefficient (Wildman–Crippen LogP) is 0.384. The standard InChI is InChI=1S/C12H28N4O2.HI/c1-5-13-12(15-7-10-17-3)14-6-8-16(2)9-11-18-4;/h5-11H2,1-4H3,(H2,13,14,15);1H. The first kappa shape index (κ1) is 21.2. The molecule has 0 bridgehead atoms. The van der Waals surface area contributed by atoms with E-state index in [-0.39, 0.29) is 24.0 Å². The molecule has 0 fully saturated rings. The van der Waals surface area contributed by atoms with Crippen LogP contribution in [0.1, 0.15) is 6.92 Å². The number of ether oxygens (including phenoxy) is 2. The Hall–Kier alpha value is -0.120. The first-order valence-corrected chi connectivity index (χ1v) is 6.43. The molecule has 19 heavy (non-hydrogen) atoms. The van der Waals surface area contributed by atoms with Gasteiger partial charge in [0.05, 0.1) is 19.8 Å². The van der Waals surface area contributed by atoms with Crippen molar-refractivity contribution < 1.29 is 9.47 Å². The van der Waals surface area contributed by atoms with Gasteiger partial charge in [-0.1, -0.05) is 0 Å². The smallest absolute Gasteiger partial charge is 0.191 e. The van der Waals surface area contributed by atoms with Gasteiger partial charge in [-0.25, -0.2) is 0 Å². The van der Waals surface area contributed by atoms with Crippen LogP contribution in [0.3, 0.4) is 0 Å². The molecule has 7 heteroatoms. The lowest BCUT2D eigenvalue weighted by Gasteiger charge is -2.15. The van der Waals surface area contributed by atoms with E-state index in [9.17, 15) is 0 Å². The third-order valence-electron chi connectivity index (χ3n) is 2.37. The summed E-state index contributed by atoms with van der Waals surface area (Å²) in [5, 5.41) is 6.41. The summed E-state index contributed by atoms with van der Waals surface area (Å²) >= 11 is 0. The van der Waals surface area contributed by atoms with Crippen molar-refractivity contribution in [1.82, 2.24) is 15.5 Å². The fraction of sp³-hybridized carbons (Fsp3) is 0.917. The minimum absolute atomic E-state index is 0. The molecule has 116 valence electrons. The van der Waals surface area contributed by atoms with Crippen LogP contribution in [-0.4, -0.2) is 78.1 Å². The molecule has 2 N–H and O–H groups in total. The predicted molar refractivity (Wildman–Crippen MR) is 90.6 cm³/mol. The lowest BCUT2D eigenvalue weighted by molar-refractivity contribution is 0.163. The fourth-order valence-electron chi connectivity index (χ4n) is 1.30. The van der Waals surface area contributed by atoms with Crippen molar-refractivity contribution >= 4 is 29.9 Å². The molecule has 0 aliphatic carbocycles. The Morgan fingerprint density at radius 1 is 1.11 bits per heavy atom. The van der Waals surface area contributed by atoms with Crippen molar-refractivity contribution in [3.8, 4) is 0 Å². The highest BCUT2D eigenvalue weighted by molar-refractivity contribution is 14.0. The van der Waals surface area contributed by atoms with E-state index < -0.39 is 0 Å². The zero-order chi connectivity index (χ0) is 13.6. The number of nitrogens with one attached hydrogen (secondary N) is 2. The second kappa shape index (κ2) is 15.9. The number of rotatable bonds is 10. The van der Waals surface area contributed by atoms with E-state index in [0.717, 1.165) is 45.3 Å². The molecule has 0 aromatic heterocycles. The van der Waals surface area contributed by atoms with Crippen LogP contribution in [0, 0.1) is 0 Å². The van der Waals surface area contributed by atoms with Gasteiger partial charge in [0, 0.05) is 40.4 Å². The normalized spacial score (nSPS) is 11.3. The van der Waals surface area contributed by atoms with Crippen LogP contribution >= 0.6 is 24.0 Å². The lowest BCUT2D eigenvalue weighted by atomic mass is 10.5. The highest BCUT2D eigenvalue weighted by Crippen LogP contribution is 1.84. The molecule has 0 saturated heterocycles. The van der Waals surface area contributed by atoms with Gasteiger partial charge in [-0.15, -0.1) is 24.0 Å². The van der Waals surface area contributed by atoms with E-state index in [4.69, 9.17) is 9.47 Å². The fourth-order valence-corrected chi connectivity index (χ4v) is 1.30. The number of guanidine groups is 1. The van der Waals surface area contributed by atoms with E-state index in [1.54, 1.807) is 14.2 Å². The molecule has 0 atom stereocenters. The Balaban J connectivity index is 0. The highest BCUT2D eigenvalue weighted by atomic mass is 127. The number of methoxy groups -OCH3 is 2. The third-order valence-corrected chi connectivity index (χ3v) is 2.37. The van der Waals surface area contributed by atoms with Gasteiger partial charge in [0.15, 0.2) is 5.96 Å². The summed E-state index contributed by atoms with van der Waals surface area (Å²) in [5.74, 6) is 0.842. The monoisotopic (exact) mass is 388 g/mol. The molecule has 0 aromatic carbocycles. The summed E-state index contributed by atoms with van der Waals surface area (Å²) in [7, 11) is 5.48. The Bertz CT molecular complexity index is 218. The van der Waals surface area contributed by atoms with Crippen LogP contribution in [0.25, 0.3) is 0 Å². The van der Waals surface area contributed by atoms with Crippen molar-refractivity contribution in [2.24, 2.45) is 4.99 Å². The van der Waals surface area contributed by atoms with E-state index in [2.05, 4.69) is 34.5 Å². The number of likely N-dealkylation sites (N-methyl/N-ethyl adjacent to an activating group) is 1. The molecule has 0 unspecified atom stereocenters. The van der Waals surface area contributed by atoms with Crippen molar-refractivity contribution in [1.29, 1.82) is 0 Å². The minimum atomic E-state index is 0. The maximum absolute atomic E-state index is 5.03. The van der Waals surface area contributed by atoms with Gasteiger partial charge in [-0.3, -0.25) is 4.99 Å². The molecule has 0 aliphatic heterocycles. The molecule has 6 nitrogen and oxygen atoms in total. The maximum atomic E-state index is 5.03. The van der Waals surface area contributed by atoms with Gasteiger partial charge in [0.1, 0.15) is 0 Å². The van der Waals surface area contributed by atoms with E-state index in [0.29, 0.717) is 6.61 Å². The first-order valence-electron chi connectivity index (χ1n) is 6.43.